The molecule has 0 aromatic heterocycles. The number of ether oxygens (including phenoxy) is 1. The molecule has 0 aromatic rings. The maximum Gasteiger partial charge on any atom is 0.303 e. The van der Waals surface area contributed by atoms with E-state index in [2.05, 4.69) is 32.9 Å². The van der Waals surface area contributed by atoms with Gasteiger partial charge >= 0.3 is 5.97 Å². The maximum atomic E-state index is 11.3. The van der Waals surface area contributed by atoms with Crippen molar-refractivity contribution in [2.45, 2.75) is 84.3 Å². The maximum absolute atomic E-state index is 11.3. The van der Waals surface area contributed by atoms with Crippen molar-refractivity contribution in [1.82, 2.24) is 0 Å². The smallest absolute Gasteiger partial charge is 0.303 e. The van der Waals surface area contributed by atoms with Crippen LogP contribution in [0.4, 0.5) is 0 Å². The van der Waals surface area contributed by atoms with Crippen molar-refractivity contribution in [3.05, 3.63) is 12.2 Å². The van der Waals surface area contributed by atoms with E-state index in [1.54, 1.807) is 0 Å². The van der Waals surface area contributed by atoms with E-state index >= 15 is 0 Å². The number of esters is 1. The van der Waals surface area contributed by atoms with Crippen LogP contribution in [0.3, 0.4) is 0 Å². The molecule has 3 heteroatoms. The van der Waals surface area contributed by atoms with E-state index in [1.807, 2.05) is 0 Å². The van der Waals surface area contributed by atoms with Crippen LogP contribution in [0.2, 0.25) is 0 Å². The summed E-state index contributed by atoms with van der Waals surface area (Å²) in [7, 11) is 0. The predicted octanol–water partition coefficient (Wildman–Crippen LogP) is 4.49. The molecular formula is C22H34O3. The molecule has 8 atom stereocenters. The summed E-state index contributed by atoms with van der Waals surface area (Å²) in [5.74, 6) is 2.57. The largest absolute Gasteiger partial charge is 0.458 e. The van der Waals surface area contributed by atoms with Crippen molar-refractivity contribution in [1.29, 1.82) is 0 Å². The third-order valence-electron chi connectivity index (χ3n) is 9.03. The molecule has 3 nitrogen and oxygen atoms in total. The molecule has 0 amide bonds. The molecule has 0 heterocycles. The van der Waals surface area contributed by atoms with E-state index in [1.165, 1.54) is 32.6 Å². The van der Waals surface area contributed by atoms with Gasteiger partial charge in [0, 0.05) is 6.92 Å². The zero-order chi connectivity index (χ0) is 18.0. The normalized spacial score (nSPS) is 54.4. The molecule has 0 aromatic carbocycles. The van der Waals surface area contributed by atoms with Crippen LogP contribution in [-0.2, 0) is 9.53 Å². The van der Waals surface area contributed by atoms with Crippen molar-refractivity contribution >= 4 is 5.97 Å². The molecule has 4 aliphatic carbocycles. The van der Waals surface area contributed by atoms with Gasteiger partial charge in [-0.25, -0.2) is 0 Å². The van der Waals surface area contributed by atoms with Crippen molar-refractivity contribution in [2.75, 3.05) is 0 Å². The van der Waals surface area contributed by atoms with E-state index < -0.39 is 5.60 Å². The highest BCUT2D eigenvalue weighted by Gasteiger charge is 2.62. The van der Waals surface area contributed by atoms with Gasteiger partial charge < -0.3 is 9.84 Å². The molecule has 0 spiro atoms. The molecule has 1 N–H and O–H groups in total. The Morgan fingerprint density at radius 1 is 1.08 bits per heavy atom. The molecule has 0 aliphatic heterocycles. The lowest BCUT2D eigenvalue weighted by atomic mass is 9.45. The second-order valence-corrected chi connectivity index (χ2v) is 10.0. The van der Waals surface area contributed by atoms with Gasteiger partial charge in [0.1, 0.15) is 6.10 Å². The summed E-state index contributed by atoms with van der Waals surface area (Å²) in [6.45, 7) is 8.38. The quantitative estimate of drug-likeness (QED) is 0.562. The summed E-state index contributed by atoms with van der Waals surface area (Å²) < 4.78 is 5.48. The molecule has 3 saturated carbocycles. The highest BCUT2D eigenvalue weighted by atomic mass is 16.5. The van der Waals surface area contributed by atoms with Crippen LogP contribution in [0, 0.1) is 34.5 Å². The Kier molecular flexibility index (Phi) is 3.92. The van der Waals surface area contributed by atoms with Crippen LogP contribution in [0.1, 0.15) is 72.6 Å². The molecule has 25 heavy (non-hydrogen) atoms. The van der Waals surface area contributed by atoms with Crippen LogP contribution >= 0.6 is 0 Å². The number of allylic oxidation sites excluding steroid dienone is 1. The minimum Gasteiger partial charge on any atom is -0.458 e. The van der Waals surface area contributed by atoms with Gasteiger partial charge in [0.2, 0.25) is 0 Å². The number of hydrogen-bond donors (Lipinski definition) is 1. The second kappa shape index (κ2) is 5.58. The number of carbonyl (C=O) groups excluding carboxylic acids is 1. The summed E-state index contributed by atoms with van der Waals surface area (Å²) in [5, 5.41) is 11.0. The number of rotatable bonds is 1. The lowest BCUT2D eigenvalue weighted by molar-refractivity contribution is -0.149. The predicted molar refractivity (Wildman–Crippen MR) is 97.8 cm³/mol. The first-order valence-corrected chi connectivity index (χ1v) is 10.3. The first-order chi connectivity index (χ1) is 11.7. The van der Waals surface area contributed by atoms with Crippen LogP contribution in [0.25, 0.3) is 0 Å². The number of carbonyl (C=O) groups is 1. The molecule has 0 radical (unpaired) electrons. The fraction of sp³-hybridized carbons (Fsp3) is 0.864. The average Bonchev–Trinajstić information content (AvgIpc) is 2.77. The Morgan fingerprint density at radius 3 is 2.52 bits per heavy atom. The fourth-order valence-electron chi connectivity index (χ4n) is 7.32. The molecule has 4 aliphatic rings. The molecule has 140 valence electrons. The number of fused-ring (bicyclic) bond motifs is 5. The lowest BCUT2D eigenvalue weighted by Crippen LogP contribution is -2.55. The van der Waals surface area contributed by atoms with Gasteiger partial charge in [0.25, 0.3) is 0 Å². The van der Waals surface area contributed by atoms with Gasteiger partial charge in [-0.15, -0.1) is 0 Å². The monoisotopic (exact) mass is 346 g/mol. The van der Waals surface area contributed by atoms with Crippen molar-refractivity contribution in [3.8, 4) is 0 Å². The lowest BCUT2D eigenvalue weighted by Gasteiger charge is -2.60. The summed E-state index contributed by atoms with van der Waals surface area (Å²) in [6, 6.07) is 0. The molecule has 3 fully saturated rings. The van der Waals surface area contributed by atoms with E-state index in [0.29, 0.717) is 17.8 Å². The zero-order valence-electron chi connectivity index (χ0n) is 16.3. The Hall–Kier alpha value is -0.830. The molecule has 0 unspecified atom stereocenters. The molecule has 0 saturated heterocycles. The standard InChI is InChI=1S/C22H34O3/c1-14(23)25-16-7-10-20(2)15(13-16)5-6-17-18(20)8-11-21(3)19(17)9-12-22(21,4)24/h7,10,15-19,24H,5-6,8-9,11-13H2,1-4H3/t15-,16+,17+,18-,19-,20-,21-,22+/m0/s1. The molecular weight excluding hydrogens is 312 g/mol. The van der Waals surface area contributed by atoms with Gasteiger partial charge in [-0.1, -0.05) is 19.9 Å². The van der Waals surface area contributed by atoms with Gasteiger partial charge in [0.15, 0.2) is 0 Å². The summed E-state index contributed by atoms with van der Waals surface area (Å²) in [5.41, 5.74) is -0.172. The van der Waals surface area contributed by atoms with Crippen LogP contribution in [-0.4, -0.2) is 22.8 Å². The first kappa shape index (κ1) is 17.6. The van der Waals surface area contributed by atoms with Crippen molar-refractivity contribution in [3.63, 3.8) is 0 Å². The highest BCUT2D eigenvalue weighted by Crippen LogP contribution is 2.67. The fourth-order valence-corrected chi connectivity index (χ4v) is 7.32. The summed E-state index contributed by atoms with van der Waals surface area (Å²) in [6.07, 6.45) is 12.5. The Morgan fingerprint density at radius 2 is 1.80 bits per heavy atom. The topological polar surface area (TPSA) is 46.5 Å². The third-order valence-corrected chi connectivity index (χ3v) is 9.03. The Balaban J connectivity index is 1.60. The SMILES string of the molecule is CC(=O)O[C@@H]1C=C[C@@]2(C)[C@@H](CC[C@@H]3[C@@H]2CC[C@@]2(C)[C@H]3CC[C@@]2(C)O)C1. The van der Waals surface area contributed by atoms with Gasteiger partial charge in [-0.3, -0.25) is 4.79 Å². The van der Waals surface area contributed by atoms with E-state index in [0.717, 1.165) is 25.2 Å². The average molecular weight is 347 g/mol. The van der Waals surface area contributed by atoms with Crippen molar-refractivity contribution in [2.24, 2.45) is 34.5 Å². The van der Waals surface area contributed by atoms with Crippen LogP contribution in [0.15, 0.2) is 12.2 Å². The summed E-state index contributed by atoms with van der Waals surface area (Å²) in [4.78, 5) is 11.3. The van der Waals surface area contributed by atoms with Crippen LogP contribution < -0.4 is 0 Å². The second-order valence-electron chi connectivity index (χ2n) is 10.0. The van der Waals surface area contributed by atoms with Gasteiger partial charge in [-0.05, 0) is 92.4 Å². The highest BCUT2D eigenvalue weighted by molar-refractivity contribution is 5.66. The Labute approximate surface area is 152 Å². The van der Waals surface area contributed by atoms with E-state index in [9.17, 15) is 9.90 Å². The molecule has 4 rings (SSSR count). The van der Waals surface area contributed by atoms with Gasteiger partial charge in [0.05, 0.1) is 5.60 Å². The van der Waals surface area contributed by atoms with Crippen molar-refractivity contribution < 1.29 is 14.6 Å². The third kappa shape index (κ3) is 2.44. The molecule has 0 bridgehead atoms. The number of hydrogen-bond acceptors (Lipinski definition) is 3. The van der Waals surface area contributed by atoms with E-state index in [-0.39, 0.29) is 22.9 Å². The minimum absolute atomic E-state index is 0.0341. The zero-order valence-corrected chi connectivity index (χ0v) is 16.3. The number of aliphatic hydroxyl groups is 1. The Bertz CT molecular complexity index is 594. The van der Waals surface area contributed by atoms with Gasteiger partial charge in [-0.2, -0.15) is 0 Å². The minimum atomic E-state index is -0.497. The van der Waals surface area contributed by atoms with E-state index in [4.69, 9.17) is 4.74 Å². The first-order valence-electron chi connectivity index (χ1n) is 10.3. The summed E-state index contributed by atoms with van der Waals surface area (Å²) >= 11 is 0. The van der Waals surface area contributed by atoms with Crippen LogP contribution in [0.5, 0.6) is 0 Å².